The van der Waals surface area contributed by atoms with Gasteiger partial charge in [-0.05, 0) is 313 Å². The summed E-state index contributed by atoms with van der Waals surface area (Å²) >= 11 is 0. The monoisotopic (exact) mass is 1850 g/mol. The van der Waals surface area contributed by atoms with Crippen molar-refractivity contribution in [1.82, 2.24) is 0 Å². The van der Waals surface area contributed by atoms with E-state index in [0.29, 0.717) is 39.6 Å². The average Bonchev–Trinajstić information content (AvgIpc) is 0.807. The topological polar surface area (TPSA) is 231 Å². The van der Waals surface area contributed by atoms with E-state index in [9.17, 15) is 0 Å². The Balaban J connectivity index is 5.81. The van der Waals surface area contributed by atoms with Gasteiger partial charge in [-0.2, -0.15) is 0 Å². The molecule has 0 aliphatic heterocycles. The van der Waals surface area contributed by atoms with Gasteiger partial charge in [0.05, 0.1) is 0 Å². The highest BCUT2D eigenvalue weighted by Crippen LogP contribution is 2.36. The maximum absolute atomic E-state index is 7.00. The van der Waals surface area contributed by atoms with E-state index in [4.69, 9.17) is 105 Å². The molecule has 103 heavy (non-hydrogen) atoms. The summed E-state index contributed by atoms with van der Waals surface area (Å²) in [5.41, 5.74) is 0. The maximum atomic E-state index is 7.00. The third-order valence-corrected chi connectivity index (χ3v) is 99.2. The van der Waals surface area contributed by atoms with Gasteiger partial charge in [0.1, 0.15) is 0 Å². The molecule has 0 aliphatic carbocycles. The van der Waals surface area contributed by atoms with Gasteiger partial charge in [-0.3, -0.25) is 0 Å². The summed E-state index contributed by atoms with van der Waals surface area (Å²) in [7, 11) is -57.2. The molecular formula is C56H158O25Si22. The van der Waals surface area contributed by atoms with E-state index in [1.165, 1.54) is 0 Å². The minimum Gasteiger partial charge on any atom is -0.436 e. The second kappa shape index (κ2) is 39.8. The highest BCUT2D eigenvalue weighted by atomic mass is 28.6. The zero-order valence-corrected chi connectivity index (χ0v) is 96.3. The Kier molecular flexibility index (Phi) is 41.3. The molecule has 0 aliphatic rings. The zero-order valence-electron chi connectivity index (χ0n) is 74.3. The summed E-state index contributed by atoms with van der Waals surface area (Å²) in [6.45, 7) is 95.7. The normalized spacial score (nSPS) is 15.7. The third kappa shape index (κ3) is 52.2. The van der Waals surface area contributed by atoms with Crippen LogP contribution in [0.3, 0.4) is 0 Å². The molecular weight excluding hydrogens is 1690 g/mol. The predicted molar refractivity (Wildman–Crippen MR) is 472 cm³/mol. The number of hydrogen-bond acceptors (Lipinski definition) is 25. The van der Waals surface area contributed by atoms with Gasteiger partial charge in [0, 0.05) is 53.9 Å². The van der Waals surface area contributed by atoms with Crippen LogP contribution in [-0.2, 0) is 105 Å². The molecule has 0 spiro atoms. The molecule has 0 N–H and O–H groups in total. The lowest BCUT2D eigenvalue weighted by Crippen LogP contribution is -2.63. The van der Waals surface area contributed by atoms with Gasteiger partial charge in [0.2, 0.25) is 0 Å². The summed E-state index contributed by atoms with van der Waals surface area (Å²) in [6, 6.07) is 1.76. The summed E-state index contributed by atoms with van der Waals surface area (Å²) in [5, 5.41) is 0. The zero-order chi connectivity index (χ0) is 81.7. The van der Waals surface area contributed by atoms with Crippen LogP contribution in [-0.4, -0.2) is 242 Å². The van der Waals surface area contributed by atoms with Crippen LogP contribution < -0.4 is 0 Å². The summed E-state index contributed by atoms with van der Waals surface area (Å²) < 4.78 is 168. The molecule has 0 heterocycles. The van der Waals surface area contributed by atoms with E-state index in [2.05, 4.69) is 288 Å². The lowest BCUT2D eigenvalue weighted by molar-refractivity contribution is 0.109. The average molecular weight is 1850 g/mol. The molecule has 0 atom stereocenters. The fourth-order valence-electron chi connectivity index (χ4n) is 14.5. The lowest BCUT2D eigenvalue weighted by Gasteiger charge is -2.45. The minimum atomic E-state index is -2.90. The van der Waals surface area contributed by atoms with Crippen LogP contribution in [0.4, 0.5) is 0 Å². The van der Waals surface area contributed by atoms with Crippen molar-refractivity contribution in [2.45, 2.75) is 313 Å². The van der Waals surface area contributed by atoms with Crippen molar-refractivity contribution >= 4 is 188 Å². The van der Waals surface area contributed by atoms with Gasteiger partial charge in [-0.25, -0.2) is 0 Å². The fraction of sp³-hybridized carbons (Fsp3) is 1.00. The molecule has 0 aromatic rings. The van der Waals surface area contributed by atoms with Crippen LogP contribution in [0.5, 0.6) is 0 Å². The van der Waals surface area contributed by atoms with Gasteiger partial charge in [0.25, 0.3) is 0 Å². The Morgan fingerprint density at radius 1 is 0.136 bits per heavy atom. The van der Waals surface area contributed by atoms with Crippen LogP contribution in [0.1, 0.15) is 12.8 Å². The maximum Gasteiger partial charge on any atom is 0.314 e. The Hall–Kier alpha value is 3.77. The van der Waals surface area contributed by atoms with Gasteiger partial charge in [-0.15, -0.1) is 0 Å². The molecule has 0 amide bonds. The fourth-order valence-corrected chi connectivity index (χ4v) is 128. The van der Waals surface area contributed by atoms with Crippen molar-refractivity contribution in [2.75, 3.05) is 53.9 Å². The lowest BCUT2D eigenvalue weighted by atomic mass is 10.5. The quantitative estimate of drug-likeness (QED) is 0.0407. The highest BCUT2D eigenvalue weighted by Gasteiger charge is 2.55. The highest BCUT2D eigenvalue weighted by molar-refractivity contribution is 6.97. The third-order valence-electron chi connectivity index (χ3n) is 13.4. The molecule has 0 unspecified atom stereocenters. The van der Waals surface area contributed by atoms with Gasteiger partial charge in [0.15, 0.2) is 16.6 Å². The second-order valence-electron chi connectivity index (χ2n) is 37.1. The molecule has 0 aromatic heterocycles. The molecule has 0 fully saturated rings. The first kappa shape index (κ1) is 107. The van der Waals surface area contributed by atoms with Crippen molar-refractivity contribution < 1.29 is 105 Å². The molecule has 47 heteroatoms. The Labute approximate surface area is 654 Å². The molecule has 0 saturated carbocycles. The Morgan fingerprint density at radius 3 is 0.350 bits per heavy atom. The van der Waals surface area contributed by atoms with Crippen LogP contribution in [0.2, 0.25) is 300 Å². The molecule has 25 nitrogen and oxygen atoms in total. The summed E-state index contributed by atoms with van der Waals surface area (Å²) in [6.07, 6.45) is 1.75. The van der Waals surface area contributed by atoms with E-state index in [1.54, 1.807) is 14.2 Å². The number of hydrogen-bond donors (Lipinski definition) is 0. The van der Waals surface area contributed by atoms with E-state index in [1.807, 2.05) is 0 Å². The Bertz CT molecular complexity index is 2360. The van der Waals surface area contributed by atoms with Crippen molar-refractivity contribution in [3.8, 4) is 0 Å². The molecule has 0 radical (unpaired) electrons. The van der Waals surface area contributed by atoms with Crippen LogP contribution in [0, 0.1) is 0 Å². The minimum absolute atomic E-state index is 0.661. The van der Waals surface area contributed by atoms with Crippen LogP contribution >= 0.6 is 0 Å². The van der Waals surface area contributed by atoms with Crippen molar-refractivity contribution in [1.29, 1.82) is 0 Å². The smallest absolute Gasteiger partial charge is 0.314 e. The summed E-state index contributed by atoms with van der Waals surface area (Å²) in [5.74, 6) is 0. The SMILES string of the molecule is COCCCOCC[Si](C)(C)O[Si](C)(C)O[Si](C)(C)O[Si](C)(C)O[Si](C)(C)O[Si](C)(C)O[Si](C)(C)O[Si](C)(C)O[Si](C)(C)O[Si](C)(C)O[Si](C)(C)O[Si](C)(C)O[Si](C)(C)O[Si](C)(C)O[Si](C)(C)O[Si](C)(C)O[Si](C)(C)O[Si](C)(C)O[Si](C)(C)O[Si](C)(C)O[Si](C)(C)O[Si](C)(C)CCOCCCOC. The number of rotatable bonds is 56. The first-order valence-electron chi connectivity index (χ1n) is 36.8. The molecule has 0 aromatic carbocycles. The van der Waals surface area contributed by atoms with E-state index in [-0.39, 0.29) is 0 Å². The standard InChI is InChI=1S/C56H158O25Si22/c1-57-49-47-51-59-53-55-82(3,4)61-84(7,8)63-86(11,12)65-88(15,16)67-90(19,20)69-92(23,24)71-94(27,28)73-96(31,32)75-98(35,36)77-100(39,40)79-102(43,44)81-103(45,46)80-101(41,42)78-99(37,38)76-97(33,34)74-95(29,30)72-93(25,26)70-91(21,22)68-89(17,18)66-87(13,14)64-85(9,10)62-83(5,6)56-54-60-52-48-50-58-2/h47-56H2,1-46H3. The largest absolute Gasteiger partial charge is 0.436 e. The van der Waals surface area contributed by atoms with E-state index < -0.39 is 188 Å². The van der Waals surface area contributed by atoms with Gasteiger partial charge < -0.3 is 105 Å². The molecule has 620 valence electrons. The van der Waals surface area contributed by atoms with E-state index >= 15 is 0 Å². The van der Waals surface area contributed by atoms with E-state index in [0.717, 1.165) is 24.9 Å². The first-order valence-corrected chi connectivity index (χ1v) is 99.4. The van der Waals surface area contributed by atoms with Crippen molar-refractivity contribution in [3.05, 3.63) is 0 Å². The summed E-state index contributed by atoms with van der Waals surface area (Å²) in [4.78, 5) is 0. The molecule has 0 bridgehead atoms. The first-order chi connectivity index (χ1) is 45.0. The van der Waals surface area contributed by atoms with Gasteiger partial charge in [-0.1, -0.05) is 0 Å². The predicted octanol–water partition coefficient (Wildman–Crippen LogP) is 17.9. The Morgan fingerprint density at radius 2 is 0.243 bits per heavy atom. The van der Waals surface area contributed by atoms with Crippen molar-refractivity contribution in [2.24, 2.45) is 0 Å². The van der Waals surface area contributed by atoms with Crippen LogP contribution in [0.15, 0.2) is 0 Å². The second-order valence-corrected chi connectivity index (χ2v) is 118. The number of ether oxygens (including phenoxy) is 4. The number of methoxy groups -OCH3 is 2. The molecule has 0 rings (SSSR count). The van der Waals surface area contributed by atoms with Gasteiger partial charge >= 0.3 is 171 Å². The van der Waals surface area contributed by atoms with Crippen molar-refractivity contribution in [3.63, 3.8) is 0 Å². The van der Waals surface area contributed by atoms with Crippen LogP contribution in [0.25, 0.3) is 0 Å². The molecule has 0 saturated heterocycles.